The van der Waals surface area contributed by atoms with Crippen LogP contribution in [-0.4, -0.2) is 26.6 Å². The minimum atomic E-state index is 0.646. The lowest BCUT2D eigenvalue weighted by Crippen LogP contribution is -2.18. The van der Waals surface area contributed by atoms with Crippen LogP contribution in [0.5, 0.6) is 0 Å². The van der Waals surface area contributed by atoms with E-state index in [1.54, 1.807) is 6.20 Å². The van der Waals surface area contributed by atoms with Gasteiger partial charge in [0.15, 0.2) is 11.5 Å². The van der Waals surface area contributed by atoms with Crippen molar-refractivity contribution >= 4 is 33.8 Å². The average molecular weight is 324 g/mol. The summed E-state index contributed by atoms with van der Waals surface area (Å²) in [5, 5.41) is 10.2. The first-order valence-electron chi connectivity index (χ1n) is 7.26. The van der Waals surface area contributed by atoms with Crippen molar-refractivity contribution in [3.05, 3.63) is 65.7 Å². The Balaban J connectivity index is 1.73. The summed E-state index contributed by atoms with van der Waals surface area (Å²) in [6.07, 6.45) is 3.77. The fraction of sp³-hybridized carbons (Fsp3) is 0.118. The molecule has 0 aliphatic rings. The first-order chi connectivity index (χ1) is 11.2. The van der Waals surface area contributed by atoms with Gasteiger partial charge in [-0.05, 0) is 36.4 Å². The Morgan fingerprint density at radius 3 is 2.96 bits per heavy atom. The Labute approximate surface area is 138 Å². The van der Waals surface area contributed by atoms with Crippen LogP contribution in [0.4, 0.5) is 5.69 Å². The molecule has 0 N–H and O–H groups in total. The van der Waals surface area contributed by atoms with Crippen molar-refractivity contribution in [3.8, 4) is 0 Å². The fourth-order valence-corrected chi connectivity index (χ4v) is 2.90. The predicted molar refractivity (Wildman–Crippen MR) is 91.8 cm³/mol. The maximum Gasteiger partial charge on any atom is 0.160 e. The van der Waals surface area contributed by atoms with Crippen molar-refractivity contribution in [2.24, 2.45) is 0 Å². The van der Waals surface area contributed by atoms with E-state index in [0.29, 0.717) is 11.6 Å². The molecule has 0 aliphatic heterocycles. The second-order valence-electron chi connectivity index (χ2n) is 5.39. The third-order valence-corrected chi connectivity index (χ3v) is 4.09. The molecule has 3 heterocycles. The molecule has 0 saturated heterocycles. The first-order valence-corrected chi connectivity index (χ1v) is 7.64. The zero-order valence-electron chi connectivity index (χ0n) is 12.5. The van der Waals surface area contributed by atoms with E-state index in [1.807, 2.05) is 60.1 Å². The summed E-state index contributed by atoms with van der Waals surface area (Å²) in [4.78, 5) is 6.53. The van der Waals surface area contributed by atoms with Crippen LogP contribution in [-0.2, 0) is 6.54 Å². The SMILES string of the molecule is CN(Cc1nnc2ccccn12)c1ccnc2cc(Cl)ccc12. The second kappa shape index (κ2) is 5.52. The number of nitrogens with zero attached hydrogens (tertiary/aromatic N) is 5. The van der Waals surface area contributed by atoms with Gasteiger partial charge >= 0.3 is 0 Å². The highest BCUT2D eigenvalue weighted by Crippen LogP contribution is 2.27. The van der Waals surface area contributed by atoms with Gasteiger partial charge in [0, 0.05) is 35.5 Å². The zero-order valence-corrected chi connectivity index (χ0v) is 13.3. The summed E-state index contributed by atoms with van der Waals surface area (Å²) in [7, 11) is 2.04. The van der Waals surface area contributed by atoms with Gasteiger partial charge in [-0.15, -0.1) is 10.2 Å². The monoisotopic (exact) mass is 323 g/mol. The molecule has 3 aromatic heterocycles. The minimum Gasteiger partial charge on any atom is -0.366 e. The van der Waals surface area contributed by atoms with Gasteiger partial charge in [-0.3, -0.25) is 9.38 Å². The number of halogens is 1. The summed E-state index contributed by atoms with van der Waals surface area (Å²) >= 11 is 6.06. The highest BCUT2D eigenvalue weighted by Gasteiger charge is 2.11. The van der Waals surface area contributed by atoms with Crippen LogP contribution in [0.3, 0.4) is 0 Å². The highest BCUT2D eigenvalue weighted by molar-refractivity contribution is 6.31. The maximum atomic E-state index is 6.06. The Morgan fingerprint density at radius 1 is 1.13 bits per heavy atom. The van der Waals surface area contributed by atoms with Crippen molar-refractivity contribution in [2.75, 3.05) is 11.9 Å². The summed E-state index contributed by atoms with van der Waals surface area (Å²) in [5.74, 6) is 0.891. The van der Waals surface area contributed by atoms with Crippen LogP contribution >= 0.6 is 11.6 Å². The van der Waals surface area contributed by atoms with Crippen molar-refractivity contribution < 1.29 is 0 Å². The van der Waals surface area contributed by atoms with E-state index in [2.05, 4.69) is 20.1 Å². The number of rotatable bonds is 3. The first kappa shape index (κ1) is 14.0. The molecule has 4 rings (SSSR count). The molecule has 0 unspecified atom stereocenters. The lowest BCUT2D eigenvalue weighted by Gasteiger charge is -2.20. The van der Waals surface area contributed by atoms with Gasteiger partial charge in [0.2, 0.25) is 0 Å². The second-order valence-corrected chi connectivity index (χ2v) is 5.83. The topological polar surface area (TPSA) is 46.3 Å². The summed E-state index contributed by atoms with van der Waals surface area (Å²) in [6, 6.07) is 13.6. The largest absolute Gasteiger partial charge is 0.366 e. The minimum absolute atomic E-state index is 0.646. The van der Waals surface area contributed by atoms with E-state index in [4.69, 9.17) is 11.6 Å². The van der Waals surface area contributed by atoms with E-state index >= 15 is 0 Å². The molecule has 114 valence electrons. The Hall–Kier alpha value is -2.66. The molecule has 5 nitrogen and oxygen atoms in total. The maximum absolute atomic E-state index is 6.06. The van der Waals surface area contributed by atoms with Gasteiger partial charge in [-0.25, -0.2) is 0 Å². The number of fused-ring (bicyclic) bond motifs is 2. The van der Waals surface area contributed by atoms with Crippen LogP contribution in [0.15, 0.2) is 54.9 Å². The molecular formula is C17H14ClN5. The number of hydrogen-bond acceptors (Lipinski definition) is 4. The van der Waals surface area contributed by atoms with Gasteiger partial charge in [0.25, 0.3) is 0 Å². The van der Waals surface area contributed by atoms with Gasteiger partial charge < -0.3 is 4.90 Å². The van der Waals surface area contributed by atoms with E-state index in [9.17, 15) is 0 Å². The quantitative estimate of drug-likeness (QED) is 0.578. The summed E-state index contributed by atoms with van der Waals surface area (Å²) < 4.78 is 2.00. The summed E-state index contributed by atoms with van der Waals surface area (Å²) in [5.41, 5.74) is 2.81. The third-order valence-electron chi connectivity index (χ3n) is 3.86. The normalized spacial score (nSPS) is 11.2. The number of benzene rings is 1. The molecule has 0 amide bonds. The van der Waals surface area contributed by atoms with Gasteiger partial charge in [0.05, 0.1) is 12.1 Å². The highest BCUT2D eigenvalue weighted by atomic mass is 35.5. The molecule has 0 atom stereocenters. The fourth-order valence-electron chi connectivity index (χ4n) is 2.74. The van der Waals surface area contributed by atoms with Crippen LogP contribution < -0.4 is 4.90 Å². The summed E-state index contributed by atoms with van der Waals surface area (Å²) in [6.45, 7) is 0.646. The number of anilines is 1. The molecule has 6 heteroatoms. The third kappa shape index (κ3) is 2.49. The van der Waals surface area contributed by atoms with Crippen molar-refractivity contribution in [3.63, 3.8) is 0 Å². The molecule has 0 aliphatic carbocycles. The molecular weight excluding hydrogens is 310 g/mol. The number of pyridine rings is 2. The lowest BCUT2D eigenvalue weighted by molar-refractivity contribution is 0.823. The van der Waals surface area contributed by atoms with Crippen LogP contribution in [0, 0.1) is 0 Å². The molecule has 0 radical (unpaired) electrons. The molecule has 23 heavy (non-hydrogen) atoms. The molecule has 1 aromatic carbocycles. The van der Waals surface area contributed by atoms with Crippen LogP contribution in [0.2, 0.25) is 5.02 Å². The van der Waals surface area contributed by atoms with Crippen LogP contribution in [0.25, 0.3) is 16.6 Å². The zero-order chi connectivity index (χ0) is 15.8. The van der Waals surface area contributed by atoms with Crippen molar-refractivity contribution in [1.82, 2.24) is 19.6 Å². The van der Waals surface area contributed by atoms with Crippen molar-refractivity contribution in [2.45, 2.75) is 6.54 Å². The Kier molecular flexibility index (Phi) is 3.35. The molecule has 0 bridgehead atoms. The van der Waals surface area contributed by atoms with E-state index in [-0.39, 0.29) is 0 Å². The van der Waals surface area contributed by atoms with E-state index in [0.717, 1.165) is 28.1 Å². The predicted octanol–water partition coefficient (Wildman–Crippen LogP) is 3.57. The Morgan fingerprint density at radius 2 is 2.04 bits per heavy atom. The van der Waals surface area contributed by atoms with E-state index in [1.165, 1.54) is 0 Å². The number of aromatic nitrogens is 4. The lowest BCUT2D eigenvalue weighted by atomic mass is 10.1. The van der Waals surface area contributed by atoms with Gasteiger partial charge in [-0.1, -0.05) is 17.7 Å². The van der Waals surface area contributed by atoms with Gasteiger partial charge in [0.1, 0.15) is 0 Å². The smallest absolute Gasteiger partial charge is 0.160 e. The Bertz CT molecular complexity index is 995. The average Bonchev–Trinajstić information content (AvgIpc) is 2.97. The molecule has 4 aromatic rings. The molecule has 0 spiro atoms. The van der Waals surface area contributed by atoms with E-state index < -0.39 is 0 Å². The van der Waals surface area contributed by atoms with Crippen LogP contribution in [0.1, 0.15) is 5.82 Å². The van der Waals surface area contributed by atoms with Gasteiger partial charge in [-0.2, -0.15) is 0 Å². The standard InChI is InChI=1S/C17H14ClN5/c1-22(11-17-21-20-16-4-2-3-9-23(16)17)15-7-8-19-14-10-12(18)5-6-13(14)15/h2-10H,11H2,1H3. The molecule has 0 fully saturated rings. The van der Waals surface area contributed by atoms with Crippen molar-refractivity contribution in [1.29, 1.82) is 0 Å². The number of hydrogen-bond donors (Lipinski definition) is 0. The molecule has 0 saturated carbocycles.